The molecule has 0 aliphatic rings. The first-order chi connectivity index (χ1) is 10.0. The predicted octanol–water partition coefficient (Wildman–Crippen LogP) is -0.130. The van der Waals surface area contributed by atoms with E-state index in [4.69, 9.17) is 4.74 Å². The van der Waals surface area contributed by atoms with Gasteiger partial charge in [0.25, 0.3) is 5.56 Å². The fraction of sp³-hybridized carbons (Fsp3) is 0.538. The summed E-state index contributed by atoms with van der Waals surface area (Å²) in [6.07, 6.45) is 2.03. The lowest BCUT2D eigenvalue weighted by Gasteiger charge is -2.08. The summed E-state index contributed by atoms with van der Waals surface area (Å²) in [5, 5.41) is 0. The number of hydrogen-bond acceptors (Lipinski definition) is 5. The summed E-state index contributed by atoms with van der Waals surface area (Å²) in [5.74, 6) is -0.452. The van der Waals surface area contributed by atoms with Crippen LogP contribution in [0.3, 0.4) is 0 Å². The molecule has 114 valence electrons. The van der Waals surface area contributed by atoms with Gasteiger partial charge in [-0.1, -0.05) is 6.92 Å². The van der Waals surface area contributed by atoms with Gasteiger partial charge in [-0.25, -0.2) is 9.78 Å². The van der Waals surface area contributed by atoms with E-state index in [1.165, 1.54) is 15.5 Å². The molecular weight excluding hydrogens is 276 g/mol. The van der Waals surface area contributed by atoms with Gasteiger partial charge in [-0.3, -0.25) is 18.7 Å². The predicted molar refractivity (Wildman–Crippen MR) is 76.2 cm³/mol. The van der Waals surface area contributed by atoms with E-state index in [1.54, 1.807) is 14.0 Å². The molecule has 0 aliphatic heterocycles. The zero-order valence-corrected chi connectivity index (χ0v) is 12.3. The molecule has 0 radical (unpaired) electrons. The number of ether oxygens (including phenoxy) is 1. The van der Waals surface area contributed by atoms with Crippen molar-refractivity contribution in [2.24, 2.45) is 7.05 Å². The molecule has 2 heterocycles. The van der Waals surface area contributed by atoms with E-state index in [-0.39, 0.29) is 24.3 Å². The van der Waals surface area contributed by atoms with Crippen LogP contribution in [0.4, 0.5) is 0 Å². The van der Waals surface area contributed by atoms with E-state index in [9.17, 15) is 14.4 Å². The van der Waals surface area contributed by atoms with Crippen molar-refractivity contribution < 1.29 is 9.53 Å². The number of rotatable bonds is 5. The zero-order chi connectivity index (χ0) is 15.6. The standard InChI is InChI=1S/C13H18N4O4/c1-4-6-17-12(19)10-11(15(3)13(17)20)14-8-16(10)7-9(18)21-5-2/h8H,4-7H2,1-3H3. The summed E-state index contributed by atoms with van der Waals surface area (Å²) in [5.41, 5.74) is -0.340. The van der Waals surface area contributed by atoms with Crippen LogP contribution in [0, 0.1) is 0 Å². The molecule has 0 bridgehead atoms. The van der Waals surface area contributed by atoms with Gasteiger partial charge in [-0.2, -0.15) is 0 Å². The van der Waals surface area contributed by atoms with Gasteiger partial charge < -0.3 is 9.30 Å². The molecule has 0 spiro atoms. The molecule has 0 aliphatic carbocycles. The van der Waals surface area contributed by atoms with Crippen molar-refractivity contribution in [3.63, 3.8) is 0 Å². The molecule has 0 unspecified atom stereocenters. The monoisotopic (exact) mass is 294 g/mol. The third-order valence-electron chi connectivity index (χ3n) is 3.15. The summed E-state index contributed by atoms with van der Waals surface area (Å²) in [6.45, 7) is 4.08. The first-order valence-electron chi connectivity index (χ1n) is 6.81. The number of aromatic nitrogens is 4. The summed E-state index contributed by atoms with van der Waals surface area (Å²) in [7, 11) is 1.55. The van der Waals surface area contributed by atoms with Gasteiger partial charge in [0.2, 0.25) is 0 Å². The molecule has 0 saturated heterocycles. The molecule has 2 aromatic rings. The van der Waals surface area contributed by atoms with E-state index in [0.29, 0.717) is 13.0 Å². The number of hydrogen-bond donors (Lipinski definition) is 0. The van der Waals surface area contributed by atoms with E-state index < -0.39 is 17.2 Å². The normalized spacial score (nSPS) is 11.0. The second-order valence-electron chi connectivity index (χ2n) is 4.65. The van der Waals surface area contributed by atoms with E-state index in [2.05, 4.69) is 4.98 Å². The maximum Gasteiger partial charge on any atom is 0.332 e. The number of carbonyl (C=O) groups is 1. The average Bonchev–Trinajstić information content (AvgIpc) is 2.85. The van der Waals surface area contributed by atoms with Crippen molar-refractivity contribution in [2.75, 3.05) is 6.61 Å². The van der Waals surface area contributed by atoms with Crippen LogP contribution in [0.5, 0.6) is 0 Å². The molecule has 21 heavy (non-hydrogen) atoms. The number of imidazole rings is 1. The number of nitrogens with zero attached hydrogens (tertiary/aromatic N) is 4. The molecule has 0 aromatic carbocycles. The van der Waals surface area contributed by atoms with Crippen LogP contribution in [0.2, 0.25) is 0 Å². The Morgan fingerprint density at radius 3 is 2.67 bits per heavy atom. The lowest BCUT2D eigenvalue weighted by Crippen LogP contribution is -2.39. The van der Waals surface area contributed by atoms with Gasteiger partial charge in [0.05, 0.1) is 12.9 Å². The average molecular weight is 294 g/mol. The molecular formula is C13H18N4O4. The Morgan fingerprint density at radius 2 is 2.05 bits per heavy atom. The highest BCUT2D eigenvalue weighted by Gasteiger charge is 2.17. The van der Waals surface area contributed by atoms with Crippen molar-refractivity contribution in [2.45, 2.75) is 33.4 Å². The Balaban J connectivity index is 2.63. The minimum atomic E-state index is -0.452. The quantitative estimate of drug-likeness (QED) is 0.717. The fourth-order valence-electron chi connectivity index (χ4n) is 2.21. The van der Waals surface area contributed by atoms with Crippen LogP contribution in [0.15, 0.2) is 15.9 Å². The SMILES string of the molecule is CCCn1c(=O)c2c(ncn2CC(=O)OCC)n(C)c1=O. The smallest absolute Gasteiger partial charge is 0.332 e. The molecule has 2 aromatic heterocycles. The van der Waals surface area contributed by atoms with Crippen molar-refractivity contribution in [3.05, 3.63) is 27.2 Å². The summed E-state index contributed by atoms with van der Waals surface area (Å²) in [4.78, 5) is 40.2. The first-order valence-corrected chi connectivity index (χ1v) is 6.81. The number of carbonyl (C=O) groups excluding carboxylic acids is 1. The largest absolute Gasteiger partial charge is 0.465 e. The van der Waals surface area contributed by atoms with Crippen LogP contribution >= 0.6 is 0 Å². The topological polar surface area (TPSA) is 88.1 Å². The molecule has 0 amide bonds. The van der Waals surface area contributed by atoms with Crippen LogP contribution < -0.4 is 11.2 Å². The molecule has 2 rings (SSSR count). The molecule has 0 atom stereocenters. The third kappa shape index (κ3) is 2.61. The molecule has 0 saturated carbocycles. The number of aryl methyl sites for hydroxylation is 1. The second kappa shape index (κ2) is 5.94. The van der Waals surface area contributed by atoms with Crippen LogP contribution in [-0.2, 0) is 29.7 Å². The molecule has 8 heteroatoms. The van der Waals surface area contributed by atoms with Crippen molar-refractivity contribution in [3.8, 4) is 0 Å². The van der Waals surface area contributed by atoms with Gasteiger partial charge in [-0.05, 0) is 13.3 Å². The Labute approximate surface area is 120 Å². The third-order valence-corrected chi connectivity index (χ3v) is 3.15. The highest BCUT2D eigenvalue weighted by Crippen LogP contribution is 2.06. The van der Waals surface area contributed by atoms with Crippen molar-refractivity contribution >= 4 is 17.1 Å². The Bertz CT molecular complexity index is 784. The van der Waals surface area contributed by atoms with E-state index in [1.807, 2.05) is 6.92 Å². The highest BCUT2D eigenvalue weighted by atomic mass is 16.5. The minimum Gasteiger partial charge on any atom is -0.465 e. The van der Waals surface area contributed by atoms with Gasteiger partial charge >= 0.3 is 11.7 Å². The fourth-order valence-corrected chi connectivity index (χ4v) is 2.21. The Morgan fingerprint density at radius 1 is 1.33 bits per heavy atom. The lowest BCUT2D eigenvalue weighted by molar-refractivity contribution is -0.143. The van der Waals surface area contributed by atoms with Crippen LogP contribution in [0.1, 0.15) is 20.3 Å². The number of esters is 1. The lowest BCUT2D eigenvalue weighted by atomic mass is 10.4. The Kier molecular flexibility index (Phi) is 4.25. The Hall–Kier alpha value is -2.38. The van der Waals surface area contributed by atoms with Gasteiger partial charge in [0, 0.05) is 13.6 Å². The minimum absolute atomic E-state index is 0.107. The van der Waals surface area contributed by atoms with E-state index in [0.717, 1.165) is 4.57 Å². The first kappa shape index (κ1) is 15.0. The number of fused-ring (bicyclic) bond motifs is 1. The van der Waals surface area contributed by atoms with Crippen molar-refractivity contribution in [1.82, 2.24) is 18.7 Å². The van der Waals surface area contributed by atoms with Gasteiger partial charge in [-0.15, -0.1) is 0 Å². The summed E-state index contributed by atoms with van der Waals surface area (Å²) < 4.78 is 8.76. The molecule has 0 fully saturated rings. The van der Waals surface area contributed by atoms with Gasteiger partial charge in [0.15, 0.2) is 11.2 Å². The van der Waals surface area contributed by atoms with Crippen molar-refractivity contribution in [1.29, 1.82) is 0 Å². The maximum absolute atomic E-state index is 12.4. The van der Waals surface area contributed by atoms with Crippen LogP contribution in [-0.4, -0.2) is 31.3 Å². The maximum atomic E-state index is 12.4. The highest BCUT2D eigenvalue weighted by molar-refractivity contribution is 5.75. The molecule has 0 N–H and O–H groups in total. The summed E-state index contributed by atoms with van der Waals surface area (Å²) in [6, 6.07) is 0. The van der Waals surface area contributed by atoms with Crippen LogP contribution in [0.25, 0.3) is 11.2 Å². The zero-order valence-electron chi connectivity index (χ0n) is 12.3. The second-order valence-corrected chi connectivity index (χ2v) is 4.65. The van der Waals surface area contributed by atoms with E-state index >= 15 is 0 Å². The summed E-state index contributed by atoms with van der Waals surface area (Å²) >= 11 is 0. The molecule has 8 nitrogen and oxygen atoms in total. The van der Waals surface area contributed by atoms with Gasteiger partial charge in [0.1, 0.15) is 6.54 Å².